The molecule has 1 amide bonds. The number of allylic oxidation sites excluding steroid dienone is 6. The number of hydrogen-bond acceptors (Lipinski definition) is 6. The molecule has 0 aromatic carbocycles. The molecule has 8 nitrogen and oxygen atoms in total. The summed E-state index contributed by atoms with van der Waals surface area (Å²) in [5.41, 5.74) is 4.12. The standard InChI is InChI=1S/C19H26BrN4O4/c1-22-10-12-23(13-11-22)19(25)28-18-14(20)6-5-9-17(18)24(27-2)16-8-4-3-7-15(16)21-26/h5-8,21,26H,3-4,9-13H2,1-2H3/q+1/b24-17-. The third-order valence-corrected chi connectivity index (χ3v) is 5.53. The molecule has 2 N–H and O–H groups in total. The maximum absolute atomic E-state index is 12.7. The molecule has 0 bridgehead atoms. The first-order chi connectivity index (χ1) is 13.5. The van der Waals surface area contributed by atoms with Crippen molar-refractivity contribution in [2.45, 2.75) is 19.3 Å². The number of amides is 1. The molecule has 0 radical (unpaired) electrons. The van der Waals surface area contributed by atoms with Crippen LogP contribution in [0.25, 0.3) is 0 Å². The first-order valence-corrected chi connectivity index (χ1v) is 10.1. The molecule has 9 heteroatoms. The Balaban J connectivity index is 1.90. The number of hydrogen-bond donors (Lipinski definition) is 2. The first-order valence-electron chi connectivity index (χ1n) is 9.28. The summed E-state index contributed by atoms with van der Waals surface area (Å²) in [5, 5.41) is 9.48. The summed E-state index contributed by atoms with van der Waals surface area (Å²) in [4.78, 5) is 22.2. The molecule has 0 spiro atoms. The molecule has 1 saturated heterocycles. The Morgan fingerprint density at radius 2 is 1.96 bits per heavy atom. The smallest absolute Gasteiger partial charge is 0.402 e. The second-order valence-corrected chi connectivity index (χ2v) is 7.62. The molecule has 1 fully saturated rings. The minimum Gasteiger partial charge on any atom is -0.402 e. The molecular formula is C19H26BrN4O4+. The van der Waals surface area contributed by atoms with Crippen LogP contribution in [0.3, 0.4) is 0 Å². The van der Waals surface area contributed by atoms with Crippen LogP contribution < -0.4 is 5.48 Å². The van der Waals surface area contributed by atoms with Gasteiger partial charge in [-0.2, -0.15) is 0 Å². The predicted octanol–water partition coefficient (Wildman–Crippen LogP) is 2.49. The van der Waals surface area contributed by atoms with Crippen LogP contribution in [0.2, 0.25) is 0 Å². The SMILES string of the molecule is CO/[N+](C1=CCCC=C1NO)=C1/CC=CC(Br)=C1OC(=O)N1CCN(C)CC1. The molecule has 0 saturated carbocycles. The Morgan fingerprint density at radius 3 is 2.64 bits per heavy atom. The number of ether oxygens (including phenoxy) is 1. The van der Waals surface area contributed by atoms with Crippen molar-refractivity contribution in [3.05, 3.63) is 45.9 Å². The Bertz CT molecular complexity index is 777. The van der Waals surface area contributed by atoms with Crippen molar-refractivity contribution in [1.82, 2.24) is 15.3 Å². The summed E-state index contributed by atoms with van der Waals surface area (Å²) in [7, 11) is 3.58. The van der Waals surface area contributed by atoms with Gasteiger partial charge in [-0.25, -0.2) is 4.79 Å². The normalized spacial score (nSPS) is 22.5. The maximum Gasteiger partial charge on any atom is 0.415 e. The fraction of sp³-hybridized carbons (Fsp3) is 0.474. The molecule has 0 aromatic heterocycles. The lowest BCUT2D eigenvalue weighted by molar-refractivity contribution is -0.744. The quantitative estimate of drug-likeness (QED) is 0.502. The van der Waals surface area contributed by atoms with Crippen LogP contribution in [0.4, 0.5) is 4.79 Å². The van der Waals surface area contributed by atoms with Crippen LogP contribution in [0.15, 0.2) is 45.9 Å². The monoisotopic (exact) mass is 453 g/mol. The van der Waals surface area contributed by atoms with Crippen LogP contribution in [0.1, 0.15) is 19.3 Å². The van der Waals surface area contributed by atoms with Gasteiger partial charge in [-0.1, -0.05) is 12.2 Å². The molecule has 1 heterocycles. The van der Waals surface area contributed by atoms with Crippen LogP contribution in [-0.4, -0.2) is 71.9 Å². The highest BCUT2D eigenvalue weighted by molar-refractivity contribution is 9.11. The zero-order valence-electron chi connectivity index (χ0n) is 16.2. The van der Waals surface area contributed by atoms with Gasteiger partial charge in [0.2, 0.25) is 5.76 Å². The number of carbonyl (C=O) groups excluding carboxylic acids is 1. The molecule has 28 heavy (non-hydrogen) atoms. The summed E-state index contributed by atoms with van der Waals surface area (Å²) in [5.74, 6) is 0.414. The minimum atomic E-state index is -0.377. The lowest BCUT2D eigenvalue weighted by atomic mass is 10.1. The van der Waals surface area contributed by atoms with Crippen LogP contribution in [-0.2, 0) is 9.57 Å². The van der Waals surface area contributed by atoms with E-state index in [-0.39, 0.29) is 6.09 Å². The molecule has 1 aliphatic heterocycles. The molecule has 0 atom stereocenters. The fourth-order valence-corrected chi connectivity index (χ4v) is 3.81. The molecular weight excluding hydrogens is 428 g/mol. The fourth-order valence-electron chi connectivity index (χ4n) is 3.32. The van der Waals surface area contributed by atoms with E-state index in [4.69, 9.17) is 9.57 Å². The zero-order valence-corrected chi connectivity index (χ0v) is 17.7. The minimum absolute atomic E-state index is 0.377. The van der Waals surface area contributed by atoms with Gasteiger partial charge in [0.1, 0.15) is 12.8 Å². The molecule has 2 aliphatic carbocycles. The van der Waals surface area contributed by atoms with Crippen LogP contribution in [0.5, 0.6) is 0 Å². The average Bonchev–Trinajstić information content (AvgIpc) is 2.71. The Morgan fingerprint density at radius 1 is 1.25 bits per heavy atom. The van der Waals surface area contributed by atoms with E-state index in [9.17, 15) is 10.0 Å². The van der Waals surface area contributed by atoms with E-state index in [1.165, 1.54) is 0 Å². The molecule has 0 unspecified atom stereocenters. The number of nitrogens with one attached hydrogen (secondary N) is 1. The zero-order chi connectivity index (χ0) is 20.1. The predicted molar refractivity (Wildman–Crippen MR) is 108 cm³/mol. The second kappa shape index (κ2) is 9.40. The molecule has 3 aliphatic rings. The van der Waals surface area contributed by atoms with Gasteiger partial charge in [-0.05, 0) is 48.0 Å². The van der Waals surface area contributed by atoms with E-state index in [1.807, 2.05) is 31.4 Å². The highest BCUT2D eigenvalue weighted by Crippen LogP contribution is 2.27. The van der Waals surface area contributed by atoms with Crippen molar-refractivity contribution in [2.24, 2.45) is 0 Å². The molecule has 152 valence electrons. The van der Waals surface area contributed by atoms with E-state index in [0.29, 0.717) is 46.9 Å². The Kier molecular flexibility index (Phi) is 6.93. The lowest BCUT2D eigenvalue weighted by Gasteiger charge is -2.31. The van der Waals surface area contributed by atoms with Crippen LogP contribution >= 0.6 is 15.9 Å². The van der Waals surface area contributed by atoms with Gasteiger partial charge >= 0.3 is 6.09 Å². The number of nitrogens with zero attached hydrogens (tertiary/aromatic N) is 3. The summed E-state index contributed by atoms with van der Waals surface area (Å²) >= 11 is 3.50. The van der Waals surface area contributed by atoms with Crippen molar-refractivity contribution in [3.8, 4) is 0 Å². The lowest BCUT2D eigenvalue weighted by Crippen LogP contribution is -2.47. The summed E-state index contributed by atoms with van der Waals surface area (Å²) in [6.07, 6.45) is 9.48. The number of hydroxylamine groups is 2. The van der Waals surface area contributed by atoms with E-state index in [2.05, 4.69) is 26.3 Å². The number of carbonyl (C=O) groups is 1. The Hall–Kier alpha value is -2.10. The van der Waals surface area contributed by atoms with E-state index in [0.717, 1.165) is 25.9 Å². The largest absolute Gasteiger partial charge is 0.415 e. The van der Waals surface area contributed by atoms with Gasteiger partial charge in [-0.3, -0.25) is 15.5 Å². The summed E-state index contributed by atoms with van der Waals surface area (Å²) in [6, 6.07) is 0. The number of halogens is 1. The van der Waals surface area contributed by atoms with E-state index in [1.54, 1.807) is 16.7 Å². The molecule has 3 rings (SSSR count). The van der Waals surface area contributed by atoms with E-state index < -0.39 is 0 Å². The van der Waals surface area contributed by atoms with Crippen molar-refractivity contribution in [2.75, 3.05) is 40.3 Å². The third-order valence-electron chi connectivity index (χ3n) is 4.90. The van der Waals surface area contributed by atoms with Gasteiger partial charge in [0.25, 0.3) is 11.4 Å². The highest BCUT2D eigenvalue weighted by Gasteiger charge is 2.35. The molecule has 0 aromatic rings. The number of likely N-dealkylation sites (N-methyl/N-ethyl adjacent to an activating group) is 1. The topological polar surface area (TPSA) is 77.3 Å². The summed E-state index contributed by atoms with van der Waals surface area (Å²) < 4.78 is 8.05. The third kappa shape index (κ3) is 4.48. The first kappa shape index (κ1) is 20.6. The van der Waals surface area contributed by atoms with Crippen molar-refractivity contribution < 1.29 is 24.3 Å². The van der Waals surface area contributed by atoms with Gasteiger partial charge in [0.15, 0.2) is 0 Å². The second-order valence-electron chi connectivity index (χ2n) is 6.76. The van der Waals surface area contributed by atoms with Crippen molar-refractivity contribution in [3.63, 3.8) is 0 Å². The number of rotatable bonds is 4. The van der Waals surface area contributed by atoms with Gasteiger partial charge in [0, 0.05) is 30.9 Å². The van der Waals surface area contributed by atoms with Gasteiger partial charge < -0.3 is 14.5 Å². The van der Waals surface area contributed by atoms with Crippen molar-refractivity contribution >= 4 is 27.7 Å². The van der Waals surface area contributed by atoms with E-state index >= 15 is 0 Å². The van der Waals surface area contributed by atoms with Crippen molar-refractivity contribution in [1.29, 1.82) is 0 Å². The Labute approximate surface area is 173 Å². The number of piperazine rings is 1. The summed E-state index contributed by atoms with van der Waals surface area (Å²) in [6.45, 7) is 2.90. The highest BCUT2D eigenvalue weighted by atomic mass is 79.9. The van der Waals surface area contributed by atoms with Crippen LogP contribution in [0, 0.1) is 0 Å². The van der Waals surface area contributed by atoms with Gasteiger partial charge in [-0.15, -0.1) is 0 Å². The average molecular weight is 454 g/mol. The van der Waals surface area contributed by atoms with Gasteiger partial charge in [0.05, 0.1) is 10.9 Å². The maximum atomic E-state index is 12.7.